The number of rotatable bonds is 1. The molecule has 0 nitrogen and oxygen atoms in total. The first-order valence-corrected chi connectivity index (χ1v) is 6.14. The van der Waals surface area contributed by atoms with Gasteiger partial charge in [-0.2, -0.15) is 0 Å². The summed E-state index contributed by atoms with van der Waals surface area (Å²) >= 11 is 0. The molecule has 82 valence electrons. The highest BCUT2D eigenvalue weighted by Crippen LogP contribution is 2.14. The molecule has 0 amide bonds. The van der Waals surface area contributed by atoms with Gasteiger partial charge in [0.05, 0.1) is 0 Å². The van der Waals surface area contributed by atoms with Crippen molar-refractivity contribution >= 4 is 39.9 Å². The SMILES string of the molecule is Bc1cc(-c2c(B)cc(C)cc2B)ccc1C. The summed E-state index contributed by atoms with van der Waals surface area (Å²) in [5.74, 6) is 0. The van der Waals surface area contributed by atoms with Crippen molar-refractivity contribution in [2.45, 2.75) is 13.8 Å². The summed E-state index contributed by atoms with van der Waals surface area (Å²) in [7, 11) is 6.58. The van der Waals surface area contributed by atoms with Gasteiger partial charge in [0.2, 0.25) is 0 Å². The standard InChI is InChI=1S/C14H17B3/c1-8-5-12(16)14(13(17)6-8)10-4-3-9(2)11(15)7-10/h3-7H,15-17H2,1-2H3. The van der Waals surface area contributed by atoms with Gasteiger partial charge in [-0.05, 0) is 25.0 Å². The van der Waals surface area contributed by atoms with Gasteiger partial charge in [-0.15, -0.1) is 0 Å². The molecule has 0 saturated carbocycles. The third-order valence-corrected chi connectivity index (χ3v) is 3.47. The van der Waals surface area contributed by atoms with Gasteiger partial charge < -0.3 is 0 Å². The number of benzene rings is 2. The molecule has 0 saturated heterocycles. The minimum atomic E-state index is 1.34. The van der Waals surface area contributed by atoms with Gasteiger partial charge in [-0.25, -0.2) is 0 Å². The Morgan fingerprint density at radius 2 is 1.35 bits per heavy atom. The van der Waals surface area contributed by atoms with Crippen molar-refractivity contribution in [3.05, 3.63) is 41.5 Å². The molecule has 0 radical (unpaired) electrons. The van der Waals surface area contributed by atoms with Crippen molar-refractivity contribution in [1.82, 2.24) is 0 Å². The van der Waals surface area contributed by atoms with Crippen LogP contribution in [0.4, 0.5) is 0 Å². The van der Waals surface area contributed by atoms with E-state index in [-0.39, 0.29) is 0 Å². The van der Waals surface area contributed by atoms with Crippen LogP contribution < -0.4 is 16.4 Å². The molecule has 0 spiro atoms. The van der Waals surface area contributed by atoms with Crippen molar-refractivity contribution in [3.63, 3.8) is 0 Å². The fourth-order valence-electron chi connectivity index (χ4n) is 2.53. The van der Waals surface area contributed by atoms with Crippen molar-refractivity contribution in [1.29, 1.82) is 0 Å². The van der Waals surface area contributed by atoms with Gasteiger partial charge in [-0.1, -0.05) is 57.8 Å². The molecule has 17 heavy (non-hydrogen) atoms. The number of hydrogen-bond donors (Lipinski definition) is 0. The van der Waals surface area contributed by atoms with Crippen molar-refractivity contribution in [2.75, 3.05) is 0 Å². The molecule has 0 atom stereocenters. The summed E-state index contributed by atoms with van der Waals surface area (Å²) in [4.78, 5) is 0. The third kappa shape index (κ3) is 2.33. The Bertz CT molecular complexity index is 551. The lowest BCUT2D eigenvalue weighted by atomic mass is 9.76. The van der Waals surface area contributed by atoms with E-state index in [1.165, 1.54) is 38.6 Å². The molecule has 2 rings (SSSR count). The van der Waals surface area contributed by atoms with Gasteiger partial charge in [0, 0.05) is 0 Å². The molecule has 3 heteroatoms. The molecular formula is C14H17B3. The molecule has 0 aliphatic heterocycles. The lowest BCUT2D eigenvalue weighted by Crippen LogP contribution is -2.21. The van der Waals surface area contributed by atoms with Gasteiger partial charge in [0.15, 0.2) is 0 Å². The highest BCUT2D eigenvalue weighted by atomic mass is 14.1. The van der Waals surface area contributed by atoms with Crippen LogP contribution >= 0.6 is 0 Å². The second-order valence-corrected chi connectivity index (χ2v) is 5.07. The highest BCUT2D eigenvalue weighted by molar-refractivity contribution is 6.44. The van der Waals surface area contributed by atoms with Gasteiger partial charge >= 0.3 is 0 Å². The van der Waals surface area contributed by atoms with Gasteiger partial charge in [0.1, 0.15) is 23.5 Å². The first-order valence-electron chi connectivity index (χ1n) is 6.14. The first kappa shape index (κ1) is 12.1. The summed E-state index contributed by atoms with van der Waals surface area (Å²) in [5.41, 5.74) is 9.52. The molecule has 0 unspecified atom stereocenters. The summed E-state index contributed by atoms with van der Waals surface area (Å²) < 4.78 is 0. The zero-order valence-electron chi connectivity index (χ0n) is 11.4. The first-order chi connectivity index (χ1) is 7.99. The molecule has 0 heterocycles. The molecule has 0 fully saturated rings. The number of aryl methyl sites for hydroxylation is 2. The third-order valence-electron chi connectivity index (χ3n) is 3.47. The van der Waals surface area contributed by atoms with E-state index in [2.05, 4.69) is 67.7 Å². The second-order valence-electron chi connectivity index (χ2n) is 5.07. The molecular weight excluding hydrogens is 201 g/mol. The van der Waals surface area contributed by atoms with E-state index >= 15 is 0 Å². The van der Waals surface area contributed by atoms with Crippen LogP contribution in [0.15, 0.2) is 30.3 Å². The summed E-state index contributed by atoms with van der Waals surface area (Å²) in [6.45, 7) is 4.32. The average molecular weight is 218 g/mol. The van der Waals surface area contributed by atoms with Crippen LogP contribution in [-0.2, 0) is 0 Å². The Morgan fingerprint density at radius 1 is 0.765 bits per heavy atom. The molecule has 2 aromatic rings. The quantitative estimate of drug-likeness (QED) is 0.524. The minimum Gasteiger partial charge on any atom is -0.0855 e. The molecule has 0 aliphatic carbocycles. The monoisotopic (exact) mass is 218 g/mol. The topological polar surface area (TPSA) is 0 Å². The number of hydrogen-bond acceptors (Lipinski definition) is 0. The van der Waals surface area contributed by atoms with Crippen molar-refractivity contribution < 1.29 is 0 Å². The summed E-state index contributed by atoms with van der Waals surface area (Å²) in [6.07, 6.45) is 0. The van der Waals surface area contributed by atoms with E-state index in [9.17, 15) is 0 Å². The maximum absolute atomic E-state index is 2.29. The van der Waals surface area contributed by atoms with Crippen LogP contribution in [0, 0.1) is 13.8 Å². The maximum atomic E-state index is 2.29. The van der Waals surface area contributed by atoms with E-state index in [0.717, 1.165) is 0 Å². The van der Waals surface area contributed by atoms with Crippen molar-refractivity contribution in [3.8, 4) is 11.1 Å². The second kappa shape index (κ2) is 4.48. The van der Waals surface area contributed by atoms with Crippen LogP contribution in [0.5, 0.6) is 0 Å². The van der Waals surface area contributed by atoms with Crippen molar-refractivity contribution in [2.24, 2.45) is 0 Å². The highest BCUT2D eigenvalue weighted by Gasteiger charge is 2.06. The molecule has 0 N–H and O–H groups in total. The minimum absolute atomic E-state index is 1.34. The van der Waals surface area contributed by atoms with Crippen LogP contribution in [0.25, 0.3) is 11.1 Å². The summed E-state index contributed by atoms with van der Waals surface area (Å²) in [6, 6.07) is 11.3. The fraction of sp³-hybridized carbons (Fsp3) is 0.143. The lowest BCUT2D eigenvalue weighted by Gasteiger charge is -2.13. The molecule has 0 bridgehead atoms. The van der Waals surface area contributed by atoms with E-state index in [0.29, 0.717) is 0 Å². The Kier molecular flexibility index (Phi) is 3.19. The Labute approximate surface area is 107 Å². The van der Waals surface area contributed by atoms with Crippen LogP contribution in [0.1, 0.15) is 11.1 Å². The normalized spacial score (nSPS) is 10.5. The maximum Gasteiger partial charge on any atom is 0.140 e. The van der Waals surface area contributed by atoms with E-state index in [1.54, 1.807) is 0 Å². The molecule has 0 aromatic heterocycles. The Hall–Kier alpha value is -1.37. The largest absolute Gasteiger partial charge is 0.140 e. The fourth-order valence-corrected chi connectivity index (χ4v) is 2.53. The van der Waals surface area contributed by atoms with E-state index in [4.69, 9.17) is 0 Å². The smallest absolute Gasteiger partial charge is 0.0855 e. The van der Waals surface area contributed by atoms with E-state index in [1.807, 2.05) is 0 Å². The Morgan fingerprint density at radius 3 is 1.88 bits per heavy atom. The predicted molar refractivity (Wildman–Crippen MR) is 85.9 cm³/mol. The Balaban J connectivity index is 2.64. The van der Waals surface area contributed by atoms with Gasteiger partial charge in [0.25, 0.3) is 0 Å². The zero-order chi connectivity index (χ0) is 12.6. The molecule has 0 aliphatic rings. The van der Waals surface area contributed by atoms with Crippen LogP contribution in [-0.4, -0.2) is 23.5 Å². The zero-order valence-corrected chi connectivity index (χ0v) is 11.4. The lowest BCUT2D eigenvalue weighted by molar-refractivity contribution is 1.49. The molecule has 2 aromatic carbocycles. The van der Waals surface area contributed by atoms with Gasteiger partial charge in [-0.3, -0.25) is 0 Å². The van der Waals surface area contributed by atoms with E-state index < -0.39 is 0 Å². The average Bonchev–Trinajstić information content (AvgIpc) is 2.21. The van der Waals surface area contributed by atoms with Crippen LogP contribution in [0.3, 0.4) is 0 Å². The van der Waals surface area contributed by atoms with Crippen LogP contribution in [0.2, 0.25) is 0 Å². The summed E-state index contributed by atoms with van der Waals surface area (Å²) in [5, 5.41) is 0. The predicted octanol–water partition coefficient (Wildman–Crippen LogP) is -1.25.